The topological polar surface area (TPSA) is 15.3 Å². The van der Waals surface area contributed by atoms with Gasteiger partial charge in [0.25, 0.3) is 0 Å². The van der Waals surface area contributed by atoms with E-state index >= 15 is 0 Å². The van der Waals surface area contributed by atoms with Crippen molar-refractivity contribution in [3.05, 3.63) is 0 Å². The van der Waals surface area contributed by atoms with Crippen LogP contribution in [0, 0.1) is 17.3 Å². The lowest BCUT2D eigenvalue weighted by atomic mass is 9.65. The highest BCUT2D eigenvalue weighted by Crippen LogP contribution is 2.45. The van der Waals surface area contributed by atoms with E-state index in [4.69, 9.17) is 0 Å². The molecule has 1 heterocycles. The van der Waals surface area contributed by atoms with Gasteiger partial charge in [-0.25, -0.2) is 0 Å². The molecule has 0 radical (unpaired) electrons. The summed E-state index contributed by atoms with van der Waals surface area (Å²) in [6, 6.07) is 0.644. The Balaban J connectivity index is 1.65. The van der Waals surface area contributed by atoms with Gasteiger partial charge in [-0.3, -0.25) is 0 Å². The molecule has 0 amide bonds. The van der Waals surface area contributed by atoms with Gasteiger partial charge in [-0.2, -0.15) is 0 Å². The van der Waals surface area contributed by atoms with E-state index in [0.717, 1.165) is 17.3 Å². The molecule has 1 saturated heterocycles. The second-order valence-electron chi connectivity index (χ2n) is 7.69. The molecule has 2 aliphatic rings. The van der Waals surface area contributed by atoms with Gasteiger partial charge >= 0.3 is 0 Å². The molecule has 112 valence electrons. The Morgan fingerprint density at radius 2 is 1.79 bits per heavy atom. The minimum atomic E-state index is 0.644. The lowest BCUT2D eigenvalue weighted by Crippen LogP contribution is -2.58. The fourth-order valence-corrected chi connectivity index (χ4v) is 3.81. The molecule has 0 bridgehead atoms. The van der Waals surface area contributed by atoms with Gasteiger partial charge in [-0.05, 0) is 49.5 Å². The molecule has 0 aromatic rings. The summed E-state index contributed by atoms with van der Waals surface area (Å²) >= 11 is 0. The fraction of sp³-hybridized carbons (Fsp3) is 1.00. The minimum Gasteiger partial charge on any atom is -0.314 e. The van der Waals surface area contributed by atoms with Crippen LogP contribution in [-0.2, 0) is 0 Å². The summed E-state index contributed by atoms with van der Waals surface area (Å²) in [6.07, 6.45) is 7.20. The van der Waals surface area contributed by atoms with Gasteiger partial charge in [0, 0.05) is 25.7 Å². The Hall–Kier alpha value is -0.0800. The van der Waals surface area contributed by atoms with Gasteiger partial charge in [-0.1, -0.05) is 34.1 Å². The Bertz CT molecular complexity index is 258. The van der Waals surface area contributed by atoms with Crippen molar-refractivity contribution in [2.45, 2.75) is 65.8 Å². The average Bonchev–Trinajstić information content (AvgIpc) is 2.35. The molecule has 2 rings (SSSR count). The molecule has 1 atom stereocenters. The summed E-state index contributed by atoms with van der Waals surface area (Å²) in [4.78, 5) is 2.70. The second kappa shape index (κ2) is 6.58. The fourth-order valence-electron chi connectivity index (χ4n) is 3.81. The van der Waals surface area contributed by atoms with Gasteiger partial charge in [0.1, 0.15) is 0 Å². The Labute approximate surface area is 120 Å². The first-order chi connectivity index (χ1) is 9.03. The maximum Gasteiger partial charge on any atom is 0.00506 e. The van der Waals surface area contributed by atoms with Crippen LogP contribution in [0.5, 0.6) is 0 Å². The van der Waals surface area contributed by atoms with E-state index in [1.807, 2.05) is 0 Å². The highest BCUT2D eigenvalue weighted by Gasteiger charge is 2.44. The predicted octanol–water partition coefficient (Wildman–Crippen LogP) is 3.52. The quantitative estimate of drug-likeness (QED) is 0.791. The van der Waals surface area contributed by atoms with Gasteiger partial charge < -0.3 is 10.2 Å². The smallest absolute Gasteiger partial charge is 0.00506 e. The highest BCUT2D eigenvalue weighted by atomic mass is 15.2. The van der Waals surface area contributed by atoms with Crippen LogP contribution < -0.4 is 5.32 Å². The van der Waals surface area contributed by atoms with E-state index in [1.54, 1.807) is 0 Å². The van der Waals surface area contributed by atoms with Gasteiger partial charge in [0.15, 0.2) is 0 Å². The molecule has 19 heavy (non-hydrogen) atoms. The molecule has 2 heteroatoms. The number of hydrogen-bond acceptors (Lipinski definition) is 2. The SMILES string of the molecule is CCC(C)CN1CC2(CCC(CNC(C)C)CC2)C1. The summed E-state index contributed by atoms with van der Waals surface area (Å²) in [5, 5.41) is 3.61. The molecular formula is C17H34N2. The molecule has 1 aliphatic heterocycles. The monoisotopic (exact) mass is 266 g/mol. The van der Waals surface area contributed by atoms with Crippen LogP contribution in [0.4, 0.5) is 0 Å². The van der Waals surface area contributed by atoms with E-state index < -0.39 is 0 Å². The van der Waals surface area contributed by atoms with E-state index in [-0.39, 0.29) is 0 Å². The van der Waals surface area contributed by atoms with Crippen molar-refractivity contribution in [1.29, 1.82) is 0 Å². The molecule has 1 aliphatic carbocycles. The van der Waals surface area contributed by atoms with Gasteiger partial charge in [-0.15, -0.1) is 0 Å². The van der Waals surface area contributed by atoms with Gasteiger partial charge in [0.05, 0.1) is 0 Å². The molecule has 1 N–H and O–H groups in total. The molecule has 1 saturated carbocycles. The summed E-state index contributed by atoms with van der Waals surface area (Å²) in [5.41, 5.74) is 0.724. The lowest BCUT2D eigenvalue weighted by Gasteiger charge is -2.54. The van der Waals surface area contributed by atoms with Crippen LogP contribution in [-0.4, -0.2) is 37.1 Å². The van der Waals surface area contributed by atoms with Crippen LogP contribution in [0.15, 0.2) is 0 Å². The highest BCUT2D eigenvalue weighted by molar-refractivity contribution is 4.98. The van der Waals surface area contributed by atoms with Crippen LogP contribution in [0.1, 0.15) is 59.8 Å². The van der Waals surface area contributed by atoms with E-state index in [0.29, 0.717) is 6.04 Å². The minimum absolute atomic E-state index is 0.644. The Kier molecular flexibility index (Phi) is 5.30. The molecule has 1 spiro atoms. The third-order valence-corrected chi connectivity index (χ3v) is 5.37. The number of rotatable bonds is 6. The molecule has 0 aromatic carbocycles. The first kappa shape index (κ1) is 15.3. The molecule has 0 aromatic heterocycles. The van der Waals surface area contributed by atoms with Gasteiger partial charge in [0.2, 0.25) is 0 Å². The van der Waals surface area contributed by atoms with E-state index in [1.165, 1.54) is 58.3 Å². The van der Waals surface area contributed by atoms with E-state index in [9.17, 15) is 0 Å². The maximum atomic E-state index is 3.61. The van der Waals surface area contributed by atoms with Crippen molar-refractivity contribution in [3.8, 4) is 0 Å². The first-order valence-electron chi connectivity index (χ1n) is 8.49. The van der Waals surface area contributed by atoms with Crippen molar-refractivity contribution in [2.24, 2.45) is 17.3 Å². The number of likely N-dealkylation sites (tertiary alicyclic amines) is 1. The zero-order valence-corrected chi connectivity index (χ0v) is 13.5. The predicted molar refractivity (Wildman–Crippen MR) is 83.4 cm³/mol. The zero-order valence-electron chi connectivity index (χ0n) is 13.5. The number of nitrogens with zero attached hydrogens (tertiary/aromatic N) is 1. The summed E-state index contributed by atoms with van der Waals surface area (Å²) in [6.45, 7) is 14.6. The van der Waals surface area contributed by atoms with Crippen molar-refractivity contribution in [1.82, 2.24) is 10.2 Å². The van der Waals surface area contributed by atoms with Crippen LogP contribution in [0.3, 0.4) is 0 Å². The second-order valence-corrected chi connectivity index (χ2v) is 7.69. The average molecular weight is 266 g/mol. The summed E-state index contributed by atoms with van der Waals surface area (Å²) < 4.78 is 0. The molecular weight excluding hydrogens is 232 g/mol. The standard InChI is InChI=1S/C17H34N2/c1-5-15(4)11-19-12-17(13-19)8-6-16(7-9-17)10-18-14(2)3/h14-16,18H,5-13H2,1-4H3. The maximum absolute atomic E-state index is 3.61. The lowest BCUT2D eigenvalue weighted by molar-refractivity contribution is -0.0445. The normalized spacial score (nSPS) is 25.7. The summed E-state index contributed by atoms with van der Waals surface area (Å²) in [5.74, 6) is 1.82. The van der Waals surface area contributed by atoms with Crippen LogP contribution in [0.2, 0.25) is 0 Å². The number of hydrogen-bond donors (Lipinski definition) is 1. The first-order valence-corrected chi connectivity index (χ1v) is 8.49. The third kappa shape index (κ3) is 4.19. The van der Waals surface area contributed by atoms with Crippen LogP contribution >= 0.6 is 0 Å². The van der Waals surface area contributed by atoms with Crippen molar-refractivity contribution < 1.29 is 0 Å². The Morgan fingerprint density at radius 3 is 2.32 bits per heavy atom. The number of nitrogens with one attached hydrogen (secondary N) is 1. The van der Waals surface area contributed by atoms with E-state index in [2.05, 4.69) is 37.9 Å². The van der Waals surface area contributed by atoms with Crippen LogP contribution in [0.25, 0.3) is 0 Å². The largest absolute Gasteiger partial charge is 0.314 e. The summed E-state index contributed by atoms with van der Waals surface area (Å²) in [7, 11) is 0. The molecule has 1 unspecified atom stereocenters. The third-order valence-electron chi connectivity index (χ3n) is 5.37. The molecule has 2 fully saturated rings. The van der Waals surface area contributed by atoms with Crippen molar-refractivity contribution >= 4 is 0 Å². The Morgan fingerprint density at radius 1 is 1.16 bits per heavy atom. The molecule has 2 nitrogen and oxygen atoms in total. The van der Waals surface area contributed by atoms with Crippen molar-refractivity contribution in [2.75, 3.05) is 26.2 Å². The van der Waals surface area contributed by atoms with Crippen molar-refractivity contribution in [3.63, 3.8) is 0 Å². The zero-order chi connectivity index (χ0) is 13.9.